The number of amides is 3. The van der Waals surface area contributed by atoms with Crippen LogP contribution >= 0.6 is 11.8 Å². The van der Waals surface area contributed by atoms with Gasteiger partial charge < -0.3 is 35.3 Å². The first-order chi connectivity index (χ1) is 21.8. The number of aromatic carboxylic acids is 1. The first-order valence-corrected chi connectivity index (χ1v) is 16.4. The molecule has 46 heavy (non-hydrogen) atoms. The maximum absolute atomic E-state index is 13.5. The van der Waals surface area contributed by atoms with Crippen LogP contribution < -0.4 is 15.5 Å². The molecule has 0 bridgehead atoms. The van der Waals surface area contributed by atoms with Crippen molar-refractivity contribution in [1.29, 1.82) is 0 Å². The quantitative estimate of drug-likeness (QED) is 0.113. The molecule has 3 amide bonds. The fraction of sp³-hybridized carbons (Fsp3) is 0.286. The molecule has 2 aromatic rings. The highest BCUT2D eigenvalue weighted by atomic mass is 32.2. The van der Waals surface area contributed by atoms with E-state index >= 15 is 0 Å². The second kappa shape index (κ2) is 13.3. The number of aromatic nitrogens is 2. The van der Waals surface area contributed by atoms with E-state index in [0.717, 1.165) is 16.1 Å². The lowest BCUT2D eigenvalue weighted by Gasteiger charge is -2.49. The number of carbonyl (C=O) groups is 5. The summed E-state index contributed by atoms with van der Waals surface area (Å²) >= 11 is 1.27. The van der Waals surface area contributed by atoms with Crippen LogP contribution in [0, 0.1) is 0 Å². The van der Waals surface area contributed by atoms with Gasteiger partial charge in [0.2, 0.25) is 5.91 Å². The topological polar surface area (TPSA) is 243 Å². The minimum atomic E-state index is -4.35. The van der Waals surface area contributed by atoms with Crippen molar-refractivity contribution < 1.29 is 52.1 Å². The molecule has 0 radical (unpaired) electrons. The number of carboxylic acids is 2. The van der Waals surface area contributed by atoms with E-state index in [0.29, 0.717) is 23.3 Å². The van der Waals surface area contributed by atoms with Crippen LogP contribution in [0.3, 0.4) is 0 Å². The zero-order chi connectivity index (χ0) is 33.2. The Balaban J connectivity index is 1.28. The molecule has 242 valence electrons. The number of nitrogens with one attached hydrogen (secondary N) is 4. The SMILES string of the molecule is O=C(O)C1=C(C[NH+]2C=CC(CCS(=O)(=O)[O-])=CC2)CS[C@@H]2[C@H](NC(=O)C(NC(=O)c3nc[nH]c3C(=O)O)c3ccccc3)C(=O)N12. The molecule has 3 aliphatic heterocycles. The van der Waals surface area contributed by atoms with Gasteiger partial charge in [0.15, 0.2) is 11.4 Å². The van der Waals surface area contributed by atoms with E-state index in [1.54, 1.807) is 48.7 Å². The summed E-state index contributed by atoms with van der Waals surface area (Å²) in [5.74, 6) is -5.36. The summed E-state index contributed by atoms with van der Waals surface area (Å²) in [5.41, 5.74) is 0.435. The summed E-state index contributed by atoms with van der Waals surface area (Å²) < 4.78 is 32.8. The molecule has 4 atom stereocenters. The number of H-pyrrole nitrogens is 1. The van der Waals surface area contributed by atoms with E-state index in [-0.39, 0.29) is 24.4 Å². The summed E-state index contributed by atoms with van der Waals surface area (Å²) in [6.45, 7) is 0.663. The van der Waals surface area contributed by atoms with Crippen LogP contribution in [0.1, 0.15) is 39.0 Å². The Hall–Kier alpha value is -4.78. The van der Waals surface area contributed by atoms with Gasteiger partial charge in [-0.15, -0.1) is 11.8 Å². The molecule has 3 aliphatic rings. The highest BCUT2D eigenvalue weighted by Crippen LogP contribution is 2.40. The Bertz CT molecular complexity index is 1790. The molecule has 0 spiro atoms. The van der Waals surface area contributed by atoms with Crippen LogP contribution in [-0.2, 0) is 24.5 Å². The fourth-order valence-electron chi connectivity index (χ4n) is 5.29. The number of carboxylic acid groups (broad SMARTS) is 2. The number of hydrogen-bond acceptors (Lipinski definition) is 10. The zero-order valence-electron chi connectivity index (χ0n) is 23.8. The largest absolute Gasteiger partial charge is 0.748 e. The average molecular weight is 673 g/mol. The first kappa shape index (κ1) is 32.6. The van der Waals surface area contributed by atoms with Gasteiger partial charge in [0, 0.05) is 17.1 Å². The second-order valence-corrected chi connectivity index (χ2v) is 13.2. The van der Waals surface area contributed by atoms with Crippen LogP contribution in [0.25, 0.3) is 0 Å². The van der Waals surface area contributed by atoms with Gasteiger partial charge in [0.25, 0.3) is 11.8 Å². The van der Waals surface area contributed by atoms with Crippen LogP contribution in [0.15, 0.2) is 71.9 Å². The normalized spacial score (nSPS) is 21.5. The predicted molar refractivity (Wildman–Crippen MR) is 159 cm³/mol. The molecule has 18 heteroatoms. The molecule has 6 N–H and O–H groups in total. The third-order valence-electron chi connectivity index (χ3n) is 7.53. The summed E-state index contributed by atoms with van der Waals surface area (Å²) in [6, 6.07) is 5.65. The molecular weight excluding hydrogens is 644 g/mol. The number of imidazole rings is 1. The number of allylic oxidation sites excluding steroid dienone is 2. The van der Waals surface area contributed by atoms with Crippen molar-refractivity contribution in [3.63, 3.8) is 0 Å². The Kier molecular flexibility index (Phi) is 9.42. The van der Waals surface area contributed by atoms with Crippen molar-refractivity contribution in [2.24, 2.45) is 0 Å². The number of quaternary nitrogens is 1. The Morgan fingerprint density at radius 1 is 1.17 bits per heavy atom. The molecule has 0 saturated carbocycles. The summed E-state index contributed by atoms with van der Waals surface area (Å²) in [7, 11) is -4.35. The molecule has 1 saturated heterocycles. The molecule has 2 unspecified atom stereocenters. The number of β-lactam (4-membered cyclic amide) rings is 1. The van der Waals surface area contributed by atoms with Crippen molar-refractivity contribution in [2.45, 2.75) is 23.9 Å². The Morgan fingerprint density at radius 3 is 2.54 bits per heavy atom. The third kappa shape index (κ3) is 7.04. The van der Waals surface area contributed by atoms with Crippen LogP contribution in [0.5, 0.6) is 0 Å². The number of benzene rings is 1. The van der Waals surface area contributed by atoms with Gasteiger partial charge in [-0.1, -0.05) is 30.3 Å². The van der Waals surface area contributed by atoms with Crippen LogP contribution in [-0.4, -0.2) is 104 Å². The smallest absolute Gasteiger partial charge is 0.354 e. The summed E-state index contributed by atoms with van der Waals surface area (Å²) in [5, 5.41) is 23.8. The van der Waals surface area contributed by atoms with E-state index in [1.807, 2.05) is 0 Å². The summed E-state index contributed by atoms with van der Waals surface area (Å²) in [4.78, 5) is 71.6. The third-order valence-corrected chi connectivity index (χ3v) is 9.57. The molecule has 16 nitrogen and oxygen atoms in total. The molecule has 0 aliphatic carbocycles. The van der Waals surface area contributed by atoms with Crippen molar-refractivity contribution >= 4 is 51.5 Å². The molecule has 1 aromatic heterocycles. The summed E-state index contributed by atoms with van der Waals surface area (Å²) in [6.07, 6.45) is 6.31. The maximum atomic E-state index is 13.5. The van der Waals surface area contributed by atoms with Crippen LogP contribution in [0.4, 0.5) is 0 Å². The number of aromatic amines is 1. The van der Waals surface area contributed by atoms with Gasteiger partial charge >= 0.3 is 11.9 Å². The van der Waals surface area contributed by atoms with Gasteiger partial charge in [-0.3, -0.25) is 19.3 Å². The van der Waals surface area contributed by atoms with Gasteiger partial charge in [-0.25, -0.2) is 23.0 Å². The maximum Gasteiger partial charge on any atom is 0.354 e. The van der Waals surface area contributed by atoms with Gasteiger partial charge in [0.05, 0.1) is 22.6 Å². The number of aliphatic carboxylic acids is 1. The van der Waals surface area contributed by atoms with E-state index in [4.69, 9.17) is 0 Å². The van der Waals surface area contributed by atoms with Crippen molar-refractivity contribution in [3.05, 3.63) is 88.8 Å². The van der Waals surface area contributed by atoms with Crippen LogP contribution in [0.2, 0.25) is 0 Å². The van der Waals surface area contributed by atoms with Crippen molar-refractivity contribution in [2.75, 3.05) is 24.6 Å². The number of rotatable bonds is 12. The predicted octanol–water partition coefficient (Wildman–Crippen LogP) is -1.41. The molecule has 4 heterocycles. The van der Waals surface area contributed by atoms with Crippen molar-refractivity contribution in [1.82, 2.24) is 25.5 Å². The van der Waals surface area contributed by atoms with E-state index < -0.39 is 74.4 Å². The number of nitrogens with zero attached hydrogens (tertiary/aromatic N) is 2. The monoisotopic (exact) mass is 672 g/mol. The van der Waals surface area contributed by atoms with Gasteiger partial charge in [0.1, 0.15) is 36.2 Å². The van der Waals surface area contributed by atoms with Gasteiger partial charge in [-0.2, -0.15) is 0 Å². The Labute approximate surface area is 266 Å². The van der Waals surface area contributed by atoms with Crippen molar-refractivity contribution in [3.8, 4) is 0 Å². The number of thioether (sulfide) groups is 1. The first-order valence-electron chi connectivity index (χ1n) is 13.8. The minimum Gasteiger partial charge on any atom is -0.748 e. The molecule has 1 aromatic carbocycles. The Morgan fingerprint density at radius 2 is 1.91 bits per heavy atom. The average Bonchev–Trinajstić information content (AvgIpc) is 3.52. The number of fused-ring (bicyclic) bond motifs is 1. The lowest BCUT2D eigenvalue weighted by atomic mass is 10.0. The molecule has 5 rings (SSSR count). The van der Waals surface area contributed by atoms with E-state index in [2.05, 4.69) is 20.6 Å². The highest BCUT2D eigenvalue weighted by Gasteiger charge is 2.55. The lowest BCUT2D eigenvalue weighted by Crippen LogP contribution is -3.08. The standard InChI is InChI=1S/C28H28N6O10S2/c35-23(18(16-4-2-1-3-5-16)31-24(36)19-20(27(38)39)30-14-29-19)32-21-25(37)34-22(28(40)41)17(13-45-26(21)34)12-33-9-6-15(7-10-33)8-11-46(42,43)44/h1-7,9,14,18,21,26H,8,10-13H2,(H,29,30)(H,31,36)(H,32,35)(H,38,39)(H,40,41)(H,42,43,44)/t18?,21-,26-/m1/s1. The lowest BCUT2D eigenvalue weighted by molar-refractivity contribution is -0.835. The van der Waals surface area contributed by atoms with E-state index in [9.17, 15) is 47.2 Å². The fourth-order valence-corrected chi connectivity index (χ4v) is 7.12. The molecular formula is C28H28N6O10S2. The van der Waals surface area contributed by atoms with Gasteiger partial charge in [-0.05, 0) is 29.7 Å². The minimum absolute atomic E-state index is 0.0762. The second-order valence-electron chi connectivity index (χ2n) is 10.6. The van der Waals surface area contributed by atoms with E-state index in [1.165, 1.54) is 11.8 Å². The zero-order valence-corrected chi connectivity index (χ0v) is 25.5. The number of carbonyl (C=O) groups excluding carboxylic acids is 3. The number of hydrogen-bond donors (Lipinski definition) is 6. The molecule has 1 fully saturated rings. The highest BCUT2D eigenvalue weighted by molar-refractivity contribution is 8.00.